The summed E-state index contributed by atoms with van der Waals surface area (Å²) in [6.07, 6.45) is 18.3. The maximum atomic E-state index is 5.68. The Bertz CT molecular complexity index is 336. The van der Waals surface area contributed by atoms with E-state index in [0.717, 1.165) is 6.42 Å². The van der Waals surface area contributed by atoms with Crippen molar-refractivity contribution in [3.8, 4) is 0 Å². The first-order chi connectivity index (χ1) is 9.83. The van der Waals surface area contributed by atoms with Crippen LogP contribution in [0.25, 0.3) is 0 Å². The topological polar surface area (TPSA) is 38.9 Å². The number of aromatic nitrogens is 1. The summed E-state index contributed by atoms with van der Waals surface area (Å²) in [6, 6.07) is 4.07. The molecule has 114 valence electrons. The van der Waals surface area contributed by atoms with Gasteiger partial charge in [-0.2, -0.15) is 0 Å². The van der Waals surface area contributed by atoms with Gasteiger partial charge in [0.1, 0.15) is 5.82 Å². The van der Waals surface area contributed by atoms with Crippen molar-refractivity contribution in [3.05, 3.63) is 23.9 Å². The minimum Gasteiger partial charge on any atom is -0.384 e. The first kappa shape index (κ1) is 17.0. The van der Waals surface area contributed by atoms with E-state index >= 15 is 0 Å². The predicted molar refractivity (Wildman–Crippen MR) is 88.8 cm³/mol. The molecule has 2 heteroatoms. The number of pyridine rings is 1. The molecule has 0 spiro atoms. The normalized spacial score (nSPS) is 10.8. The number of nitrogens with zero attached hydrogens (tertiary/aromatic N) is 1. The molecule has 1 aromatic rings. The number of nitrogen functional groups attached to an aromatic ring is 1. The van der Waals surface area contributed by atoms with Crippen molar-refractivity contribution in [1.82, 2.24) is 4.98 Å². The highest BCUT2D eigenvalue weighted by Gasteiger charge is 1.96. The number of unbranched alkanes of at least 4 members (excludes halogenated alkanes) is 10. The first-order valence-electron chi connectivity index (χ1n) is 8.53. The summed E-state index contributed by atoms with van der Waals surface area (Å²) in [5, 5.41) is 0. The fraction of sp³-hybridized carbons (Fsp3) is 0.722. The van der Waals surface area contributed by atoms with E-state index in [1.54, 1.807) is 0 Å². The highest BCUT2D eigenvalue weighted by molar-refractivity contribution is 5.31. The van der Waals surface area contributed by atoms with Crippen LogP contribution in [0.2, 0.25) is 0 Å². The average molecular weight is 276 g/mol. The Morgan fingerprint density at radius 3 is 1.95 bits per heavy atom. The standard InChI is InChI=1S/C18H32N2/c1-2-3-4-5-6-7-8-9-10-11-12-13-17-14-15-20-18(19)16-17/h14-16H,2-13H2,1H3,(H2,19,20). The van der Waals surface area contributed by atoms with Crippen molar-refractivity contribution < 1.29 is 0 Å². The van der Waals surface area contributed by atoms with Crippen LogP contribution in [0.4, 0.5) is 5.82 Å². The summed E-state index contributed by atoms with van der Waals surface area (Å²) in [6.45, 7) is 2.28. The second-order valence-corrected chi connectivity index (χ2v) is 5.87. The van der Waals surface area contributed by atoms with E-state index in [1.165, 1.54) is 76.2 Å². The van der Waals surface area contributed by atoms with Crippen LogP contribution in [0, 0.1) is 0 Å². The molecule has 0 amide bonds. The molecule has 1 aromatic heterocycles. The Morgan fingerprint density at radius 1 is 0.850 bits per heavy atom. The summed E-state index contributed by atoms with van der Waals surface area (Å²) in [4.78, 5) is 4.02. The molecule has 0 radical (unpaired) electrons. The highest BCUT2D eigenvalue weighted by atomic mass is 14.8. The van der Waals surface area contributed by atoms with Crippen molar-refractivity contribution in [2.75, 3.05) is 5.73 Å². The van der Waals surface area contributed by atoms with Gasteiger partial charge in [-0.1, -0.05) is 71.1 Å². The molecule has 2 N–H and O–H groups in total. The molecule has 0 bridgehead atoms. The lowest BCUT2D eigenvalue weighted by Crippen LogP contribution is -1.92. The van der Waals surface area contributed by atoms with Crippen molar-refractivity contribution in [1.29, 1.82) is 0 Å². The third-order valence-corrected chi connectivity index (χ3v) is 3.91. The predicted octanol–water partition coefficient (Wildman–Crippen LogP) is 5.52. The third-order valence-electron chi connectivity index (χ3n) is 3.91. The molecular weight excluding hydrogens is 244 g/mol. The van der Waals surface area contributed by atoms with Crippen molar-refractivity contribution in [3.63, 3.8) is 0 Å². The van der Waals surface area contributed by atoms with Gasteiger partial charge in [0, 0.05) is 6.20 Å². The molecule has 0 aromatic carbocycles. The maximum Gasteiger partial charge on any atom is 0.123 e. The van der Waals surface area contributed by atoms with E-state index < -0.39 is 0 Å². The highest BCUT2D eigenvalue weighted by Crippen LogP contribution is 2.13. The van der Waals surface area contributed by atoms with Gasteiger partial charge in [0.15, 0.2) is 0 Å². The minimum atomic E-state index is 0.644. The maximum absolute atomic E-state index is 5.68. The molecule has 2 nitrogen and oxygen atoms in total. The van der Waals surface area contributed by atoms with Crippen molar-refractivity contribution in [2.24, 2.45) is 0 Å². The molecule has 0 aliphatic heterocycles. The Labute approximate surface area is 125 Å². The fourth-order valence-corrected chi connectivity index (χ4v) is 2.64. The number of hydrogen-bond donors (Lipinski definition) is 1. The van der Waals surface area contributed by atoms with Gasteiger partial charge in [-0.3, -0.25) is 0 Å². The van der Waals surface area contributed by atoms with Crippen LogP contribution >= 0.6 is 0 Å². The molecule has 20 heavy (non-hydrogen) atoms. The largest absolute Gasteiger partial charge is 0.384 e. The van der Waals surface area contributed by atoms with Gasteiger partial charge in [-0.25, -0.2) is 4.98 Å². The van der Waals surface area contributed by atoms with Gasteiger partial charge in [0.2, 0.25) is 0 Å². The van der Waals surface area contributed by atoms with Crippen LogP contribution in [-0.4, -0.2) is 4.98 Å². The Kier molecular flexibility index (Phi) is 9.99. The van der Waals surface area contributed by atoms with Gasteiger partial charge in [-0.05, 0) is 30.5 Å². The number of nitrogens with two attached hydrogens (primary N) is 1. The molecule has 0 saturated heterocycles. The third kappa shape index (κ3) is 8.95. The molecule has 0 atom stereocenters. The molecule has 0 unspecified atom stereocenters. The SMILES string of the molecule is CCCCCCCCCCCCCc1ccnc(N)c1. The lowest BCUT2D eigenvalue weighted by Gasteiger charge is -2.03. The zero-order valence-electron chi connectivity index (χ0n) is 13.2. The van der Waals surface area contributed by atoms with Crippen LogP contribution in [0.3, 0.4) is 0 Å². The average Bonchev–Trinajstić information content (AvgIpc) is 2.45. The lowest BCUT2D eigenvalue weighted by atomic mass is 10.0. The Hall–Kier alpha value is -1.05. The van der Waals surface area contributed by atoms with E-state index in [1.807, 2.05) is 12.3 Å². The van der Waals surface area contributed by atoms with Crippen LogP contribution in [0.1, 0.15) is 83.1 Å². The Balaban J connectivity index is 1.85. The van der Waals surface area contributed by atoms with E-state index in [2.05, 4.69) is 18.0 Å². The van der Waals surface area contributed by atoms with Gasteiger partial charge in [0.25, 0.3) is 0 Å². The van der Waals surface area contributed by atoms with E-state index in [-0.39, 0.29) is 0 Å². The Morgan fingerprint density at radius 2 is 1.40 bits per heavy atom. The number of rotatable bonds is 12. The number of anilines is 1. The minimum absolute atomic E-state index is 0.644. The molecular formula is C18H32N2. The molecule has 1 heterocycles. The fourth-order valence-electron chi connectivity index (χ4n) is 2.64. The van der Waals surface area contributed by atoms with Gasteiger partial charge >= 0.3 is 0 Å². The van der Waals surface area contributed by atoms with E-state index in [0.29, 0.717) is 5.82 Å². The first-order valence-corrected chi connectivity index (χ1v) is 8.53. The van der Waals surface area contributed by atoms with Gasteiger partial charge < -0.3 is 5.73 Å². The monoisotopic (exact) mass is 276 g/mol. The quantitative estimate of drug-likeness (QED) is 0.511. The van der Waals surface area contributed by atoms with Gasteiger partial charge in [-0.15, -0.1) is 0 Å². The van der Waals surface area contributed by atoms with Crippen LogP contribution in [-0.2, 0) is 6.42 Å². The number of hydrogen-bond acceptors (Lipinski definition) is 2. The van der Waals surface area contributed by atoms with Crippen LogP contribution < -0.4 is 5.73 Å². The second-order valence-electron chi connectivity index (χ2n) is 5.87. The van der Waals surface area contributed by atoms with E-state index in [4.69, 9.17) is 5.73 Å². The summed E-state index contributed by atoms with van der Waals surface area (Å²) >= 11 is 0. The smallest absolute Gasteiger partial charge is 0.123 e. The molecule has 0 aliphatic carbocycles. The zero-order chi connectivity index (χ0) is 14.5. The molecule has 0 fully saturated rings. The molecule has 1 rings (SSSR count). The second kappa shape index (κ2) is 11.7. The summed E-state index contributed by atoms with van der Waals surface area (Å²) in [5.41, 5.74) is 7.00. The van der Waals surface area contributed by atoms with Crippen molar-refractivity contribution >= 4 is 5.82 Å². The van der Waals surface area contributed by atoms with Crippen LogP contribution in [0.5, 0.6) is 0 Å². The molecule has 0 aliphatic rings. The van der Waals surface area contributed by atoms with Crippen LogP contribution in [0.15, 0.2) is 18.3 Å². The molecule has 0 saturated carbocycles. The summed E-state index contributed by atoms with van der Waals surface area (Å²) in [7, 11) is 0. The van der Waals surface area contributed by atoms with E-state index in [9.17, 15) is 0 Å². The van der Waals surface area contributed by atoms with Crippen molar-refractivity contribution in [2.45, 2.75) is 84.0 Å². The van der Waals surface area contributed by atoms with Gasteiger partial charge in [0.05, 0.1) is 0 Å². The number of aryl methyl sites for hydroxylation is 1. The summed E-state index contributed by atoms with van der Waals surface area (Å²) < 4.78 is 0. The zero-order valence-corrected chi connectivity index (χ0v) is 13.2. The lowest BCUT2D eigenvalue weighted by molar-refractivity contribution is 0.549. The summed E-state index contributed by atoms with van der Waals surface area (Å²) in [5.74, 6) is 0.644.